The first-order valence-corrected chi connectivity index (χ1v) is 9.54. The minimum atomic E-state index is -0.433. The van der Waals surface area contributed by atoms with E-state index < -0.39 is 5.91 Å². The van der Waals surface area contributed by atoms with Crippen LogP contribution < -0.4 is 16.4 Å². The number of nitrogens with one attached hydrogen (secondary N) is 2. The Hall–Kier alpha value is -4.00. The first-order valence-electron chi connectivity index (χ1n) is 9.54. The fraction of sp³-hybridized carbons (Fsp3) is 0.130. The van der Waals surface area contributed by atoms with E-state index in [1.165, 1.54) is 10.5 Å². The first kappa shape index (κ1) is 19.3. The van der Waals surface area contributed by atoms with Crippen LogP contribution in [0.3, 0.4) is 0 Å². The van der Waals surface area contributed by atoms with Crippen LogP contribution in [0.1, 0.15) is 21.5 Å². The molecule has 0 spiro atoms. The number of hydrogen-bond acceptors (Lipinski definition) is 4. The van der Waals surface area contributed by atoms with Crippen molar-refractivity contribution in [1.29, 1.82) is 5.41 Å². The molecule has 0 radical (unpaired) electrons. The number of aromatic nitrogens is 3. The summed E-state index contributed by atoms with van der Waals surface area (Å²) < 4.78 is 3.05. The van der Waals surface area contributed by atoms with Crippen molar-refractivity contribution in [3.05, 3.63) is 99.9 Å². The molecule has 3 aromatic heterocycles. The van der Waals surface area contributed by atoms with E-state index in [-0.39, 0.29) is 28.5 Å². The molecular formula is C23H21N5O2. The SMILES string of the molecule is C=CCNC(=O)c1cc2c(=O)n3ccccc3nc2n(Cc2ccc(C)cc2)c1=N. The average molecular weight is 399 g/mol. The Bertz CT molecular complexity index is 1400. The predicted octanol–water partition coefficient (Wildman–Crippen LogP) is 2.40. The minimum absolute atomic E-state index is 0.00295. The lowest BCUT2D eigenvalue weighted by Gasteiger charge is -2.15. The van der Waals surface area contributed by atoms with Crippen molar-refractivity contribution in [2.75, 3.05) is 6.54 Å². The molecular weight excluding hydrogens is 378 g/mol. The van der Waals surface area contributed by atoms with Gasteiger partial charge in [0, 0.05) is 12.7 Å². The second-order valence-corrected chi connectivity index (χ2v) is 7.06. The summed E-state index contributed by atoms with van der Waals surface area (Å²) in [5.41, 5.74) is 2.75. The zero-order chi connectivity index (χ0) is 21.3. The molecule has 0 aliphatic rings. The molecule has 2 N–H and O–H groups in total. The van der Waals surface area contributed by atoms with Gasteiger partial charge in [-0.15, -0.1) is 6.58 Å². The second-order valence-electron chi connectivity index (χ2n) is 7.06. The maximum atomic E-state index is 13.1. The van der Waals surface area contributed by atoms with Crippen LogP contribution >= 0.6 is 0 Å². The molecule has 0 aliphatic heterocycles. The van der Waals surface area contributed by atoms with Crippen LogP contribution in [0.5, 0.6) is 0 Å². The number of nitrogens with zero attached hydrogens (tertiary/aromatic N) is 3. The van der Waals surface area contributed by atoms with Gasteiger partial charge in [0.2, 0.25) is 0 Å². The maximum absolute atomic E-state index is 13.1. The van der Waals surface area contributed by atoms with Gasteiger partial charge in [0.05, 0.1) is 17.5 Å². The van der Waals surface area contributed by atoms with Gasteiger partial charge < -0.3 is 9.88 Å². The van der Waals surface area contributed by atoms with Gasteiger partial charge in [-0.3, -0.25) is 19.4 Å². The molecule has 7 heteroatoms. The molecule has 0 saturated heterocycles. The average Bonchev–Trinajstić information content (AvgIpc) is 2.75. The Balaban J connectivity index is 2.02. The lowest BCUT2D eigenvalue weighted by Crippen LogP contribution is -2.35. The minimum Gasteiger partial charge on any atom is -0.348 e. The predicted molar refractivity (Wildman–Crippen MR) is 116 cm³/mol. The molecule has 4 aromatic rings. The quantitative estimate of drug-likeness (QED) is 0.399. The van der Waals surface area contributed by atoms with Crippen LogP contribution in [0, 0.1) is 12.3 Å². The molecule has 7 nitrogen and oxygen atoms in total. The van der Waals surface area contributed by atoms with Gasteiger partial charge in [0.1, 0.15) is 16.8 Å². The molecule has 0 fully saturated rings. The van der Waals surface area contributed by atoms with E-state index in [2.05, 4.69) is 16.9 Å². The number of rotatable bonds is 5. The van der Waals surface area contributed by atoms with Crippen molar-refractivity contribution in [3.8, 4) is 0 Å². The number of pyridine rings is 2. The third-order valence-electron chi connectivity index (χ3n) is 4.93. The number of aryl methyl sites for hydroxylation is 1. The fourth-order valence-electron chi connectivity index (χ4n) is 3.35. The Morgan fingerprint density at radius 1 is 1.23 bits per heavy atom. The van der Waals surface area contributed by atoms with E-state index in [0.29, 0.717) is 17.8 Å². The molecule has 0 saturated carbocycles. The van der Waals surface area contributed by atoms with Crippen LogP contribution in [-0.2, 0) is 6.54 Å². The number of fused-ring (bicyclic) bond motifs is 2. The van der Waals surface area contributed by atoms with Crippen LogP contribution in [0.25, 0.3) is 16.7 Å². The van der Waals surface area contributed by atoms with Crippen molar-refractivity contribution in [1.82, 2.24) is 19.3 Å². The van der Waals surface area contributed by atoms with E-state index >= 15 is 0 Å². The van der Waals surface area contributed by atoms with E-state index in [1.807, 2.05) is 31.2 Å². The number of carbonyl (C=O) groups excluding carboxylic acids is 1. The summed E-state index contributed by atoms with van der Waals surface area (Å²) in [6.07, 6.45) is 3.20. The normalized spacial score (nSPS) is 11.0. The van der Waals surface area contributed by atoms with Gasteiger partial charge in [0.15, 0.2) is 0 Å². The highest BCUT2D eigenvalue weighted by Gasteiger charge is 2.17. The third-order valence-corrected chi connectivity index (χ3v) is 4.93. The van der Waals surface area contributed by atoms with E-state index in [0.717, 1.165) is 11.1 Å². The lowest BCUT2D eigenvalue weighted by atomic mass is 10.1. The van der Waals surface area contributed by atoms with Crippen molar-refractivity contribution in [3.63, 3.8) is 0 Å². The van der Waals surface area contributed by atoms with Gasteiger partial charge in [-0.2, -0.15) is 0 Å². The highest BCUT2D eigenvalue weighted by Crippen LogP contribution is 2.13. The number of carbonyl (C=O) groups is 1. The molecule has 0 aliphatic carbocycles. The fourth-order valence-corrected chi connectivity index (χ4v) is 3.35. The van der Waals surface area contributed by atoms with E-state index in [9.17, 15) is 9.59 Å². The molecule has 0 bridgehead atoms. The molecule has 1 amide bonds. The summed E-state index contributed by atoms with van der Waals surface area (Å²) >= 11 is 0. The number of benzene rings is 1. The maximum Gasteiger partial charge on any atom is 0.267 e. The topological polar surface area (TPSA) is 92.2 Å². The Labute approximate surface area is 172 Å². The zero-order valence-electron chi connectivity index (χ0n) is 16.6. The summed E-state index contributed by atoms with van der Waals surface area (Å²) in [5.74, 6) is -0.433. The van der Waals surface area contributed by atoms with Gasteiger partial charge in [-0.1, -0.05) is 42.0 Å². The van der Waals surface area contributed by atoms with Crippen LogP contribution in [0.15, 0.2) is 72.2 Å². The molecule has 0 unspecified atom stereocenters. The van der Waals surface area contributed by atoms with Crippen LogP contribution in [0.4, 0.5) is 0 Å². The summed E-state index contributed by atoms with van der Waals surface area (Å²) in [5, 5.41) is 11.7. The van der Waals surface area contributed by atoms with Crippen LogP contribution in [0.2, 0.25) is 0 Å². The summed E-state index contributed by atoms with van der Waals surface area (Å²) in [6, 6.07) is 14.6. The van der Waals surface area contributed by atoms with Crippen LogP contribution in [-0.4, -0.2) is 26.4 Å². The van der Waals surface area contributed by atoms with Gasteiger partial charge in [-0.05, 0) is 30.7 Å². The van der Waals surface area contributed by atoms with Crippen molar-refractivity contribution < 1.29 is 4.79 Å². The summed E-state index contributed by atoms with van der Waals surface area (Å²) in [7, 11) is 0. The Morgan fingerprint density at radius 2 is 2.00 bits per heavy atom. The lowest BCUT2D eigenvalue weighted by molar-refractivity contribution is 0.0955. The van der Waals surface area contributed by atoms with Crippen molar-refractivity contribution in [2.45, 2.75) is 13.5 Å². The second kappa shape index (κ2) is 7.79. The molecule has 30 heavy (non-hydrogen) atoms. The first-order chi connectivity index (χ1) is 14.5. The Morgan fingerprint density at radius 3 is 2.73 bits per heavy atom. The standard InChI is InChI=1S/C23H21N5O2/c1-3-11-25-22(29)17-13-18-21(26-19-6-4-5-12-27(19)23(18)30)28(20(17)24)14-16-9-7-15(2)8-10-16/h3-10,12-13,24H,1,11,14H2,2H3,(H,25,29). The molecule has 150 valence electrons. The summed E-state index contributed by atoms with van der Waals surface area (Å²) in [6.45, 7) is 6.18. The van der Waals surface area contributed by atoms with Gasteiger partial charge in [-0.25, -0.2) is 4.98 Å². The highest BCUT2D eigenvalue weighted by atomic mass is 16.1. The zero-order valence-corrected chi connectivity index (χ0v) is 16.6. The molecule has 1 aromatic carbocycles. The van der Waals surface area contributed by atoms with Gasteiger partial charge in [0.25, 0.3) is 11.5 Å². The largest absolute Gasteiger partial charge is 0.348 e. The molecule has 0 atom stereocenters. The summed E-state index contributed by atoms with van der Waals surface area (Å²) in [4.78, 5) is 30.4. The van der Waals surface area contributed by atoms with Gasteiger partial charge >= 0.3 is 0 Å². The van der Waals surface area contributed by atoms with E-state index in [1.54, 1.807) is 35.0 Å². The molecule has 3 heterocycles. The highest BCUT2D eigenvalue weighted by molar-refractivity contribution is 5.96. The van der Waals surface area contributed by atoms with Crippen molar-refractivity contribution >= 4 is 22.6 Å². The van der Waals surface area contributed by atoms with Crippen molar-refractivity contribution in [2.24, 2.45) is 0 Å². The number of amides is 1. The monoisotopic (exact) mass is 399 g/mol. The third kappa shape index (κ3) is 3.41. The molecule has 4 rings (SSSR count). The van der Waals surface area contributed by atoms with E-state index in [4.69, 9.17) is 5.41 Å². The number of hydrogen-bond donors (Lipinski definition) is 2. The smallest absolute Gasteiger partial charge is 0.267 e. The Kier molecular flexibility index (Phi) is 5.02.